The van der Waals surface area contributed by atoms with Crippen molar-refractivity contribution in [3.8, 4) is 0 Å². The van der Waals surface area contributed by atoms with Crippen LogP contribution in [0.5, 0.6) is 0 Å². The van der Waals surface area contributed by atoms with Gasteiger partial charge in [0, 0.05) is 19.3 Å². The second-order valence-corrected chi connectivity index (χ2v) is 7.38. The van der Waals surface area contributed by atoms with E-state index in [1.807, 2.05) is 6.92 Å². The molecule has 0 aromatic carbocycles. The molecule has 1 aliphatic rings. The summed E-state index contributed by atoms with van der Waals surface area (Å²) in [5, 5.41) is 2.88. The lowest BCUT2D eigenvalue weighted by atomic mass is 9.83. The standard InChI is InChI=1S/C15H25N3O2S/c1-3-14(12-7-5-4-6-8-12)18-21(19,20)13-9-10-15(16-2)17-11-13/h9-12,14,18H,3-8H2,1-2H3,(H,16,17). The SMILES string of the molecule is CCC(NS(=O)(=O)c1ccc(NC)nc1)C1CCCCC1. The van der Waals surface area contributed by atoms with Gasteiger partial charge in [0.05, 0.1) is 0 Å². The van der Waals surface area contributed by atoms with Crippen LogP contribution in [0.1, 0.15) is 45.4 Å². The fourth-order valence-corrected chi connectivity index (χ4v) is 4.34. The number of hydrogen-bond acceptors (Lipinski definition) is 4. The van der Waals surface area contributed by atoms with Gasteiger partial charge in [0.15, 0.2) is 0 Å². The van der Waals surface area contributed by atoms with E-state index >= 15 is 0 Å². The lowest BCUT2D eigenvalue weighted by molar-refractivity contribution is 0.285. The van der Waals surface area contributed by atoms with Crippen LogP contribution in [0.3, 0.4) is 0 Å². The van der Waals surface area contributed by atoms with Gasteiger partial charge >= 0.3 is 0 Å². The summed E-state index contributed by atoms with van der Waals surface area (Å²) >= 11 is 0. The van der Waals surface area contributed by atoms with Crippen molar-refractivity contribution >= 4 is 15.8 Å². The van der Waals surface area contributed by atoms with Gasteiger partial charge in [-0.2, -0.15) is 0 Å². The summed E-state index contributed by atoms with van der Waals surface area (Å²) in [5.41, 5.74) is 0. The molecule has 1 aromatic rings. The molecule has 0 bridgehead atoms. The Labute approximate surface area is 127 Å². The molecule has 1 saturated carbocycles. The van der Waals surface area contributed by atoms with Gasteiger partial charge in [-0.05, 0) is 37.3 Å². The second-order valence-electron chi connectivity index (χ2n) is 5.66. The van der Waals surface area contributed by atoms with Crippen molar-refractivity contribution in [2.75, 3.05) is 12.4 Å². The maximum absolute atomic E-state index is 12.5. The van der Waals surface area contributed by atoms with Crippen LogP contribution >= 0.6 is 0 Å². The van der Waals surface area contributed by atoms with Gasteiger partial charge in [-0.1, -0.05) is 26.2 Å². The van der Waals surface area contributed by atoms with Crippen molar-refractivity contribution in [2.24, 2.45) is 5.92 Å². The average Bonchev–Trinajstić information content (AvgIpc) is 2.53. The predicted molar refractivity (Wildman–Crippen MR) is 84.8 cm³/mol. The van der Waals surface area contributed by atoms with Crippen LogP contribution in [0, 0.1) is 5.92 Å². The number of pyridine rings is 1. The molecule has 0 radical (unpaired) electrons. The summed E-state index contributed by atoms with van der Waals surface area (Å²) in [5.74, 6) is 1.12. The molecule has 1 aliphatic carbocycles. The Morgan fingerprint density at radius 2 is 2.00 bits per heavy atom. The van der Waals surface area contributed by atoms with E-state index < -0.39 is 10.0 Å². The summed E-state index contributed by atoms with van der Waals surface area (Å²) in [7, 11) is -1.73. The van der Waals surface area contributed by atoms with Gasteiger partial charge in [0.1, 0.15) is 10.7 Å². The van der Waals surface area contributed by atoms with Gasteiger partial charge < -0.3 is 5.32 Å². The molecule has 2 N–H and O–H groups in total. The normalized spacial score (nSPS) is 18.4. The zero-order valence-electron chi connectivity index (χ0n) is 12.8. The van der Waals surface area contributed by atoms with E-state index in [0.29, 0.717) is 11.7 Å². The fraction of sp³-hybridized carbons (Fsp3) is 0.667. The number of rotatable bonds is 6. The Morgan fingerprint density at radius 3 is 2.52 bits per heavy atom. The smallest absolute Gasteiger partial charge is 0.242 e. The van der Waals surface area contributed by atoms with E-state index in [0.717, 1.165) is 19.3 Å². The summed E-state index contributed by atoms with van der Waals surface area (Å²) < 4.78 is 27.8. The first-order chi connectivity index (χ1) is 10.1. The maximum Gasteiger partial charge on any atom is 0.242 e. The number of hydrogen-bond donors (Lipinski definition) is 2. The first-order valence-electron chi connectivity index (χ1n) is 7.73. The summed E-state index contributed by atoms with van der Waals surface area (Å²) in [6, 6.07) is 3.30. The van der Waals surface area contributed by atoms with Crippen LogP contribution in [-0.4, -0.2) is 26.5 Å². The number of nitrogens with one attached hydrogen (secondary N) is 2. The van der Waals surface area contributed by atoms with E-state index in [-0.39, 0.29) is 10.9 Å². The van der Waals surface area contributed by atoms with Crippen molar-refractivity contribution in [1.82, 2.24) is 9.71 Å². The molecule has 1 fully saturated rings. The van der Waals surface area contributed by atoms with Crippen LogP contribution in [0.2, 0.25) is 0 Å². The zero-order chi connectivity index (χ0) is 15.3. The molecular weight excluding hydrogens is 286 g/mol. The molecule has 21 heavy (non-hydrogen) atoms. The minimum Gasteiger partial charge on any atom is -0.373 e. The molecule has 0 spiro atoms. The van der Waals surface area contributed by atoms with Crippen LogP contribution < -0.4 is 10.0 Å². The monoisotopic (exact) mass is 311 g/mol. The minimum atomic E-state index is -3.49. The Balaban J connectivity index is 2.10. The third-order valence-corrected chi connectivity index (χ3v) is 5.74. The molecule has 1 aromatic heterocycles. The third kappa shape index (κ3) is 4.17. The van der Waals surface area contributed by atoms with Gasteiger partial charge in [-0.15, -0.1) is 0 Å². The highest BCUT2D eigenvalue weighted by atomic mass is 32.2. The minimum absolute atomic E-state index is 0.0271. The number of aromatic nitrogens is 1. The van der Waals surface area contributed by atoms with Gasteiger partial charge in [0.25, 0.3) is 0 Å². The largest absolute Gasteiger partial charge is 0.373 e. The molecule has 118 valence electrons. The molecule has 1 unspecified atom stereocenters. The van der Waals surface area contributed by atoms with Gasteiger partial charge in [-0.3, -0.25) is 0 Å². The van der Waals surface area contributed by atoms with E-state index in [4.69, 9.17) is 0 Å². The van der Waals surface area contributed by atoms with Crippen LogP contribution in [0.25, 0.3) is 0 Å². The van der Waals surface area contributed by atoms with E-state index in [1.165, 1.54) is 25.5 Å². The van der Waals surface area contributed by atoms with Crippen molar-refractivity contribution in [3.63, 3.8) is 0 Å². The molecule has 0 amide bonds. The predicted octanol–water partition coefficient (Wildman–Crippen LogP) is 2.76. The molecule has 1 heterocycles. The Bertz CT molecular complexity index is 537. The number of sulfonamides is 1. The average molecular weight is 311 g/mol. The fourth-order valence-electron chi connectivity index (χ4n) is 3.00. The highest BCUT2D eigenvalue weighted by molar-refractivity contribution is 7.89. The maximum atomic E-state index is 12.5. The molecular formula is C15H25N3O2S. The first kappa shape index (κ1) is 16.2. The summed E-state index contributed by atoms with van der Waals surface area (Å²) in [6.45, 7) is 2.05. The quantitative estimate of drug-likeness (QED) is 0.847. The van der Waals surface area contributed by atoms with E-state index in [1.54, 1.807) is 19.2 Å². The Morgan fingerprint density at radius 1 is 1.29 bits per heavy atom. The van der Waals surface area contributed by atoms with Crippen molar-refractivity contribution < 1.29 is 8.42 Å². The van der Waals surface area contributed by atoms with Crippen LogP contribution in [0.15, 0.2) is 23.2 Å². The van der Waals surface area contributed by atoms with E-state index in [2.05, 4.69) is 15.0 Å². The lowest BCUT2D eigenvalue weighted by Crippen LogP contribution is -2.40. The molecule has 1 atom stereocenters. The first-order valence-corrected chi connectivity index (χ1v) is 9.21. The Hall–Kier alpha value is -1.14. The lowest BCUT2D eigenvalue weighted by Gasteiger charge is -2.30. The third-order valence-electron chi connectivity index (χ3n) is 4.27. The van der Waals surface area contributed by atoms with E-state index in [9.17, 15) is 8.42 Å². The highest BCUT2D eigenvalue weighted by Crippen LogP contribution is 2.28. The van der Waals surface area contributed by atoms with Gasteiger partial charge in [0.2, 0.25) is 10.0 Å². The molecule has 5 nitrogen and oxygen atoms in total. The number of anilines is 1. The summed E-state index contributed by atoms with van der Waals surface area (Å²) in [4.78, 5) is 4.31. The van der Waals surface area contributed by atoms with Crippen LogP contribution in [0.4, 0.5) is 5.82 Å². The van der Waals surface area contributed by atoms with Crippen molar-refractivity contribution in [1.29, 1.82) is 0 Å². The topological polar surface area (TPSA) is 71.1 Å². The highest BCUT2D eigenvalue weighted by Gasteiger charge is 2.27. The number of nitrogens with zero attached hydrogens (tertiary/aromatic N) is 1. The van der Waals surface area contributed by atoms with Crippen molar-refractivity contribution in [2.45, 2.75) is 56.4 Å². The second kappa shape index (κ2) is 7.22. The summed E-state index contributed by atoms with van der Waals surface area (Å²) in [6.07, 6.45) is 8.17. The van der Waals surface area contributed by atoms with Crippen molar-refractivity contribution in [3.05, 3.63) is 18.3 Å². The molecule has 2 rings (SSSR count). The van der Waals surface area contributed by atoms with Gasteiger partial charge in [-0.25, -0.2) is 18.1 Å². The zero-order valence-corrected chi connectivity index (χ0v) is 13.6. The molecule has 6 heteroatoms. The van der Waals surface area contributed by atoms with Crippen LogP contribution in [-0.2, 0) is 10.0 Å². The molecule has 0 saturated heterocycles. The Kier molecular flexibility index (Phi) is 5.58. The molecule has 0 aliphatic heterocycles.